The van der Waals surface area contributed by atoms with E-state index < -0.39 is 0 Å². The molecule has 1 aromatic carbocycles. The van der Waals surface area contributed by atoms with Crippen LogP contribution < -0.4 is 0 Å². The van der Waals surface area contributed by atoms with Gasteiger partial charge in [0.05, 0.1) is 13.5 Å². The van der Waals surface area contributed by atoms with Gasteiger partial charge in [0.1, 0.15) is 6.33 Å². The summed E-state index contributed by atoms with van der Waals surface area (Å²) in [5, 5.41) is 4.88. The third-order valence-corrected chi connectivity index (χ3v) is 3.79. The first-order valence-corrected chi connectivity index (χ1v) is 6.79. The molecular weight excluding hydrogens is 262 g/mol. The van der Waals surface area contributed by atoms with Gasteiger partial charge in [-0.3, -0.25) is 4.79 Å². The highest BCUT2D eigenvalue weighted by Gasteiger charge is 2.09. The largest absolute Gasteiger partial charge is 0.469 e. The van der Waals surface area contributed by atoms with Crippen LogP contribution in [-0.4, -0.2) is 27.8 Å². The lowest BCUT2D eigenvalue weighted by Gasteiger charge is -2.07. The van der Waals surface area contributed by atoms with E-state index in [4.69, 9.17) is 4.74 Å². The van der Waals surface area contributed by atoms with Crippen molar-refractivity contribution in [1.82, 2.24) is 14.8 Å². The number of rotatable bonds is 5. The van der Waals surface area contributed by atoms with Gasteiger partial charge in [0.15, 0.2) is 5.16 Å². The van der Waals surface area contributed by atoms with Crippen molar-refractivity contribution in [2.45, 2.75) is 17.3 Å². The van der Waals surface area contributed by atoms with Crippen LogP contribution in [0.5, 0.6) is 0 Å². The summed E-state index contributed by atoms with van der Waals surface area (Å²) in [4.78, 5) is 15.5. The fourth-order valence-corrected chi connectivity index (χ4v) is 2.58. The van der Waals surface area contributed by atoms with Crippen molar-refractivity contribution in [3.63, 3.8) is 0 Å². The molecule has 5 nitrogen and oxygen atoms in total. The fourth-order valence-electron chi connectivity index (χ4n) is 1.66. The molecule has 0 saturated heterocycles. The predicted molar refractivity (Wildman–Crippen MR) is 72.7 cm³/mol. The van der Waals surface area contributed by atoms with Crippen LogP contribution in [0.1, 0.15) is 11.1 Å². The Labute approximate surface area is 116 Å². The molecule has 0 unspecified atom stereocenters. The molecule has 19 heavy (non-hydrogen) atoms. The summed E-state index contributed by atoms with van der Waals surface area (Å²) in [5.41, 5.74) is 2.10. The van der Waals surface area contributed by atoms with Gasteiger partial charge >= 0.3 is 5.97 Å². The standard InChI is InChI=1S/C13H15N3O2S/c1-16-13(14-9-15-16)19-8-11-6-4-3-5-10(11)7-12(17)18-2/h3-6,9H,7-8H2,1-2H3. The molecule has 0 radical (unpaired) electrons. The summed E-state index contributed by atoms with van der Waals surface area (Å²) in [6.45, 7) is 0. The highest BCUT2D eigenvalue weighted by molar-refractivity contribution is 7.98. The topological polar surface area (TPSA) is 57.0 Å². The van der Waals surface area contributed by atoms with Crippen LogP contribution in [0.4, 0.5) is 0 Å². The zero-order chi connectivity index (χ0) is 13.7. The van der Waals surface area contributed by atoms with Gasteiger partial charge in [-0.05, 0) is 11.1 Å². The number of esters is 1. The second-order valence-electron chi connectivity index (χ2n) is 3.98. The van der Waals surface area contributed by atoms with Gasteiger partial charge < -0.3 is 4.74 Å². The molecule has 0 saturated carbocycles. The van der Waals surface area contributed by atoms with Crippen LogP contribution in [-0.2, 0) is 28.8 Å². The van der Waals surface area contributed by atoms with Crippen molar-refractivity contribution in [3.8, 4) is 0 Å². The monoisotopic (exact) mass is 277 g/mol. The molecule has 0 amide bonds. The third kappa shape index (κ3) is 3.57. The summed E-state index contributed by atoms with van der Waals surface area (Å²) >= 11 is 1.59. The predicted octanol–water partition coefficient (Wildman–Crippen LogP) is 1.82. The minimum absolute atomic E-state index is 0.226. The number of hydrogen-bond donors (Lipinski definition) is 0. The Morgan fingerprint density at radius 2 is 2.11 bits per heavy atom. The van der Waals surface area contributed by atoms with E-state index in [9.17, 15) is 4.79 Å². The van der Waals surface area contributed by atoms with Crippen LogP contribution in [0.2, 0.25) is 0 Å². The smallest absolute Gasteiger partial charge is 0.309 e. The van der Waals surface area contributed by atoms with Gasteiger partial charge in [-0.15, -0.1) is 0 Å². The average Bonchev–Trinajstić information content (AvgIpc) is 2.83. The highest BCUT2D eigenvalue weighted by Crippen LogP contribution is 2.22. The summed E-state index contributed by atoms with van der Waals surface area (Å²) in [7, 11) is 3.26. The van der Waals surface area contributed by atoms with Crippen LogP contribution in [0, 0.1) is 0 Å². The number of hydrogen-bond acceptors (Lipinski definition) is 5. The van der Waals surface area contributed by atoms with Crippen molar-refractivity contribution in [2.75, 3.05) is 7.11 Å². The maximum atomic E-state index is 11.4. The summed E-state index contributed by atoms with van der Waals surface area (Å²) < 4.78 is 6.44. The Morgan fingerprint density at radius 3 is 2.74 bits per heavy atom. The highest BCUT2D eigenvalue weighted by atomic mass is 32.2. The van der Waals surface area contributed by atoms with Crippen LogP contribution in [0.15, 0.2) is 35.7 Å². The first kappa shape index (κ1) is 13.6. The summed E-state index contributed by atoms with van der Waals surface area (Å²) in [6.07, 6.45) is 1.83. The third-order valence-electron chi connectivity index (χ3n) is 2.71. The van der Waals surface area contributed by atoms with Gasteiger partial charge in [-0.25, -0.2) is 9.67 Å². The Hall–Kier alpha value is -1.82. The van der Waals surface area contributed by atoms with E-state index in [2.05, 4.69) is 10.1 Å². The van der Waals surface area contributed by atoms with Crippen LogP contribution in [0.25, 0.3) is 0 Å². The van der Waals surface area contributed by atoms with Crippen molar-refractivity contribution in [2.24, 2.45) is 7.05 Å². The molecule has 1 aromatic heterocycles. The van der Waals surface area contributed by atoms with E-state index >= 15 is 0 Å². The Morgan fingerprint density at radius 1 is 1.37 bits per heavy atom. The van der Waals surface area contributed by atoms with E-state index in [0.29, 0.717) is 6.42 Å². The van der Waals surface area contributed by atoms with Crippen molar-refractivity contribution in [1.29, 1.82) is 0 Å². The van der Waals surface area contributed by atoms with Gasteiger partial charge in [0, 0.05) is 12.8 Å². The zero-order valence-electron chi connectivity index (χ0n) is 10.9. The number of aryl methyl sites for hydroxylation is 1. The number of carbonyl (C=O) groups is 1. The molecule has 0 bridgehead atoms. The Bertz CT molecular complexity index is 569. The molecule has 0 fully saturated rings. The Balaban J connectivity index is 2.07. The van der Waals surface area contributed by atoms with Crippen molar-refractivity contribution < 1.29 is 9.53 Å². The second kappa shape index (κ2) is 6.38. The number of methoxy groups -OCH3 is 1. The molecule has 6 heteroatoms. The van der Waals surface area contributed by atoms with E-state index in [1.54, 1.807) is 16.4 Å². The molecule has 1 heterocycles. The van der Waals surface area contributed by atoms with E-state index in [0.717, 1.165) is 22.0 Å². The molecule has 2 aromatic rings. The minimum atomic E-state index is -0.226. The van der Waals surface area contributed by atoms with Crippen molar-refractivity contribution >= 4 is 17.7 Å². The molecule has 0 aliphatic carbocycles. The quantitative estimate of drug-likeness (QED) is 0.616. The van der Waals surface area contributed by atoms with Crippen LogP contribution >= 0.6 is 11.8 Å². The number of benzene rings is 1. The Kier molecular flexibility index (Phi) is 4.57. The molecule has 0 aliphatic rings. The molecule has 100 valence electrons. The van der Waals surface area contributed by atoms with Gasteiger partial charge in [0.25, 0.3) is 0 Å². The number of ether oxygens (including phenoxy) is 1. The van der Waals surface area contributed by atoms with E-state index in [1.165, 1.54) is 13.4 Å². The molecule has 0 spiro atoms. The second-order valence-corrected chi connectivity index (χ2v) is 4.92. The molecule has 0 atom stereocenters. The fraction of sp³-hybridized carbons (Fsp3) is 0.308. The first-order valence-electron chi connectivity index (χ1n) is 5.81. The van der Waals surface area contributed by atoms with Gasteiger partial charge in [-0.2, -0.15) is 5.10 Å². The summed E-state index contributed by atoms with van der Waals surface area (Å²) in [5.74, 6) is 0.524. The maximum Gasteiger partial charge on any atom is 0.309 e. The van der Waals surface area contributed by atoms with E-state index in [1.807, 2.05) is 31.3 Å². The lowest BCUT2D eigenvalue weighted by atomic mass is 10.1. The SMILES string of the molecule is COC(=O)Cc1ccccc1CSc1ncnn1C. The van der Waals surface area contributed by atoms with E-state index in [-0.39, 0.29) is 5.97 Å². The number of thioether (sulfide) groups is 1. The molecule has 0 aliphatic heterocycles. The van der Waals surface area contributed by atoms with Gasteiger partial charge in [-0.1, -0.05) is 36.0 Å². The molecule has 0 N–H and O–H groups in total. The molecular formula is C13H15N3O2S. The normalized spacial score (nSPS) is 10.4. The number of nitrogens with zero attached hydrogens (tertiary/aromatic N) is 3. The van der Waals surface area contributed by atoms with Crippen molar-refractivity contribution in [3.05, 3.63) is 41.7 Å². The van der Waals surface area contributed by atoms with Crippen LogP contribution in [0.3, 0.4) is 0 Å². The maximum absolute atomic E-state index is 11.4. The number of carbonyl (C=O) groups excluding carboxylic acids is 1. The number of aromatic nitrogens is 3. The summed E-state index contributed by atoms with van der Waals surface area (Å²) in [6, 6.07) is 7.85. The average molecular weight is 277 g/mol. The van der Waals surface area contributed by atoms with Gasteiger partial charge in [0.2, 0.25) is 0 Å². The minimum Gasteiger partial charge on any atom is -0.469 e. The first-order chi connectivity index (χ1) is 9.20. The molecule has 2 rings (SSSR count). The lowest BCUT2D eigenvalue weighted by molar-refractivity contribution is -0.139. The lowest BCUT2D eigenvalue weighted by Crippen LogP contribution is -2.06. The zero-order valence-corrected chi connectivity index (χ0v) is 11.7.